The van der Waals surface area contributed by atoms with E-state index in [9.17, 15) is 4.79 Å². The standard InChI is InChI=1S/C22H23N5O2/c28-22(24-14-18-8-9-23-20(12-18)27-10-4-5-11-27)19-13-21(26-16-25-19)29-15-17-6-2-1-3-7-17/h1-3,6-9,12-13,16H,4-5,10-11,14-15H2,(H,24,28). The minimum atomic E-state index is -0.267. The first-order valence-electron chi connectivity index (χ1n) is 9.75. The molecule has 0 unspecified atom stereocenters. The predicted molar refractivity (Wildman–Crippen MR) is 110 cm³/mol. The van der Waals surface area contributed by atoms with E-state index in [2.05, 4.69) is 25.2 Å². The van der Waals surface area contributed by atoms with E-state index in [1.807, 2.05) is 42.5 Å². The maximum absolute atomic E-state index is 12.5. The topological polar surface area (TPSA) is 80.2 Å². The molecule has 1 fully saturated rings. The second-order valence-electron chi connectivity index (χ2n) is 6.91. The number of nitrogens with zero attached hydrogens (tertiary/aromatic N) is 4. The normalized spacial score (nSPS) is 13.3. The molecule has 148 valence electrons. The van der Waals surface area contributed by atoms with Gasteiger partial charge in [0.05, 0.1) is 0 Å². The van der Waals surface area contributed by atoms with Crippen molar-refractivity contribution in [3.8, 4) is 5.88 Å². The van der Waals surface area contributed by atoms with Crippen molar-refractivity contribution >= 4 is 11.7 Å². The minimum Gasteiger partial charge on any atom is -0.473 e. The first-order valence-corrected chi connectivity index (χ1v) is 9.75. The molecule has 1 aromatic carbocycles. The highest BCUT2D eigenvalue weighted by molar-refractivity contribution is 5.92. The molecule has 0 atom stereocenters. The molecule has 1 aliphatic rings. The van der Waals surface area contributed by atoms with Crippen LogP contribution in [-0.2, 0) is 13.2 Å². The van der Waals surface area contributed by atoms with Crippen molar-refractivity contribution in [3.05, 3.63) is 77.9 Å². The number of benzene rings is 1. The fraction of sp³-hybridized carbons (Fsp3) is 0.273. The van der Waals surface area contributed by atoms with Crippen LogP contribution in [0.3, 0.4) is 0 Å². The number of ether oxygens (including phenoxy) is 1. The molecule has 0 radical (unpaired) electrons. The van der Waals surface area contributed by atoms with Crippen molar-refractivity contribution in [2.45, 2.75) is 26.0 Å². The molecule has 29 heavy (non-hydrogen) atoms. The maximum Gasteiger partial charge on any atom is 0.270 e. The van der Waals surface area contributed by atoms with Gasteiger partial charge in [-0.1, -0.05) is 30.3 Å². The Morgan fingerprint density at radius 3 is 2.66 bits per heavy atom. The molecule has 4 rings (SSSR count). The summed E-state index contributed by atoms with van der Waals surface area (Å²) in [5.41, 5.74) is 2.31. The summed E-state index contributed by atoms with van der Waals surface area (Å²) in [6.07, 6.45) is 5.53. The van der Waals surface area contributed by atoms with Gasteiger partial charge in [0.15, 0.2) is 0 Å². The number of anilines is 1. The summed E-state index contributed by atoms with van der Waals surface area (Å²) < 4.78 is 5.67. The Hall–Kier alpha value is -3.48. The second-order valence-corrected chi connectivity index (χ2v) is 6.91. The Balaban J connectivity index is 1.34. The molecule has 0 bridgehead atoms. The fourth-order valence-corrected chi connectivity index (χ4v) is 3.24. The van der Waals surface area contributed by atoms with Crippen LogP contribution in [0.2, 0.25) is 0 Å². The Morgan fingerprint density at radius 1 is 1.00 bits per heavy atom. The predicted octanol–water partition coefficient (Wildman–Crippen LogP) is 2.98. The third-order valence-corrected chi connectivity index (χ3v) is 4.80. The number of hydrogen-bond acceptors (Lipinski definition) is 6. The van der Waals surface area contributed by atoms with Gasteiger partial charge >= 0.3 is 0 Å². The average Bonchev–Trinajstić information content (AvgIpc) is 3.32. The molecule has 1 N–H and O–H groups in total. The van der Waals surface area contributed by atoms with Gasteiger partial charge in [-0.2, -0.15) is 0 Å². The van der Waals surface area contributed by atoms with Gasteiger partial charge in [0.25, 0.3) is 5.91 Å². The van der Waals surface area contributed by atoms with Gasteiger partial charge < -0.3 is 15.0 Å². The van der Waals surface area contributed by atoms with Gasteiger partial charge in [0.1, 0.15) is 24.4 Å². The lowest BCUT2D eigenvalue weighted by atomic mass is 10.2. The highest BCUT2D eigenvalue weighted by atomic mass is 16.5. The summed E-state index contributed by atoms with van der Waals surface area (Å²) in [5, 5.41) is 2.90. The molecular formula is C22H23N5O2. The maximum atomic E-state index is 12.5. The number of amides is 1. The van der Waals surface area contributed by atoms with Gasteiger partial charge in [-0.25, -0.2) is 15.0 Å². The van der Waals surface area contributed by atoms with Gasteiger partial charge in [0, 0.05) is 31.9 Å². The molecule has 0 aliphatic carbocycles. The van der Waals surface area contributed by atoms with E-state index in [0.29, 0.717) is 19.0 Å². The molecule has 7 heteroatoms. The Labute approximate surface area is 169 Å². The van der Waals surface area contributed by atoms with E-state index in [-0.39, 0.29) is 11.6 Å². The van der Waals surface area contributed by atoms with E-state index in [0.717, 1.165) is 30.0 Å². The van der Waals surface area contributed by atoms with E-state index in [1.165, 1.54) is 19.2 Å². The second kappa shape index (κ2) is 9.14. The third kappa shape index (κ3) is 5.07. The van der Waals surface area contributed by atoms with Crippen LogP contribution >= 0.6 is 0 Å². The number of carbonyl (C=O) groups excluding carboxylic acids is 1. The van der Waals surface area contributed by atoms with Crippen LogP contribution in [0.25, 0.3) is 0 Å². The van der Waals surface area contributed by atoms with Gasteiger partial charge in [-0.05, 0) is 36.1 Å². The molecule has 2 aromatic heterocycles. The lowest BCUT2D eigenvalue weighted by Crippen LogP contribution is -2.24. The summed E-state index contributed by atoms with van der Waals surface area (Å²) in [7, 11) is 0. The highest BCUT2D eigenvalue weighted by Gasteiger charge is 2.14. The smallest absolute Gasteiger partial charge is 0.270 e. The van der Waals surface area contributed by atoms with Crippen LogP contribution in [0.4, 0.5) is 5.82 Å². The quantitative estimate of drug-likeness (QED) is 0.669. The Morgan fingerprint density at radius 2 is 1.83 bits per heavy atom. The number of hydrogen-bond donors (Lipinski definition) is 1. The van der Waals surface area contributed by atoms with Crippen molar-refractivity contribution < 1.29 is 9.53 Å². The summed E-state index contributed by atoms with van der Waals surface area (Å²) in [5.74, 6) is 1.07. The van der Waals surface area contributed by atoms with Crippen molar-refractivity contribution in [2.24, 2.45) is 0 Å². The number of nitrogens with one attached hydrogen (secondary N) is 1. The van der Waals surface area contributed by atoms with Crippen LogP contribution in [0.15, 0.2) is 61.1 Å². The van der Waals surface area contributed by atoms with E-state index in [1.54, 1.807) is 12.3 Å². The molecule has 3 aromatic rings. The van der Waals surface area contributed by atoms with Crippen molar-refractivity contribution in [1.82, 2.24) is 20.3 Å². The molecule has 0 saturated carbocycles. The Bertz CT molecular complexity index is 958. The minimum absolute atomic E-state index is 0.267. The summed E-state index contributed by atoms with van der Waals surface area (Å²) in [4.78, 5) is 27.4. The third-order valence-electron chi connectivity index (χ3n) is 4.80. The SMILES string of the molecule is O=C(NCc1ccnc(N2CCCC2)c1)c1cc(OCc2ccccc2)ncn1. The lowest BCUT2D eigenvalue weighted by molar-refractivity contribution is 0.0945. The van der Waals surface area contributed by atoms with Gasteiger partial charge in [-0.3, -0.25) is 4.79 Å². The molecule has 1 aliphatic heterocycles. The summed E-state index contributed by atoms with van der Waals surface area (Å²) in [6.45, 7) is 2.87. The Kier molecular flexibility index (Phi) is 5.95. The van der Waals surface area contributed by atoms with Crippen LogP contribution < -0.4 is 15.0 Å². The van der Waals surface area contributed by atoms with Crippen molar-refractivity contribution in [2.75, 3.05) is 18.0 Å². The van der Waals surface area contributed by atoms with Gasteiger partial charge in [-0.15, -0.1) is 0 Å². The molecule has 3 heterocycles. The average molecular weight is 389 g/mol. The van der Waals surface area contributed by atoms with Crippen molar-refractivity contribution in [1.29, 1.82) is 0 Å². The zero-order valence-electron chi connectivity index (χ0n) is 16.1. The van der Waals surface area contributed by atoms with E-state index in [4.69, 9.17) is 4.74 Å². The largest absolute Gasteiger partial charge is 0.473 e. The van der Waals surface area contributed by atoms with Crippen LogP contribution in [-0.4, -0.2) is 33.9 Å². The number of rotatable bonds is 7. The molecule has 7 nitrogen and oxygen atoms in total. The number of aromatic nitrogens is 3. The zero-order valence-corrected chi connectivity index (χ0v) is 16.1. The molecule has 1 saturated heterocycles. The molecule has 0 spiro atoms. The van der Waals surface area contributed by atoms with Crippen molar-refractivity contribution in [3.63, 3.8) is 0 Å². The van der Waals surface area contributed by atoms with E-state index >= 15 is 0 Å². The zero-order chi connectivity index (χ0) is 19.9. The first kappa shape index (κ1) is 18.9. The molecule has 1 amide bonds. The molecular weight excluding hydrogens is 366 g/mol. The lowest BCUT2D eigenvalue weighted by Gasteiger charge is -2.17. The number of pyridine rings is 1. The fourth-order valence-electron chi connectivity index (χ4n) is 3.24. The van der Waals surface area contributed by atoms with Crippen LogP contribution in [0, 0.1) is 0 Å². The monoisotopic (exact) mass is 389 g/mol. The van der Waals surface area contributed by atoms with Gasteiger partial charge in [0.2, 0.25) is 5.88 Å². The highest BCUT2D eigenvalue weighted by Crippen LogP contribution is 2.18. The van der Waals surface area contributed by atoms with E-state index < -0.39 is 0 Å². The summed E-state index contributed by atoms with van der Waals surface area (Å²) in [6, 6.07) is 15.3. The number of carbonyl (C=O) groups is 1. The van der Waals surface area contributed by atoms with Crippen LogP contribution in [0.1, 0.15) is 34.5 Å². The summed E-state index contributed by atoms with van der Waals surface area (Å²) >= 11 is 0. The van der Waals surface area contributed by atoms with Crippen LogP contribution in [0.5, 0.6) is 5.88 Å². The first-order chi connectivity index (χ1) is 14.3.